The van der Waals surface area contributed by atoms with E-state index in [1.165, 1.54) is 19.2 Å². The van der Waals surface area contributed by atoms with E-state index in [0.717, 1.165) is 0 Å². The van der Waals surface area contributed by atoms with Crippen LogP contribution >= 0.6 is 0 Å². The fourth-order valence-electron chi connectivity index (χ4n) is 1.86. The molecule has 2 aromatic rings. The van der Waals surface area contributed by atoms with Crippen molar-refractivity contribution in [1.29, 1.82) is 0 Å². The molecule has 0 saturated carbocycles. The van der Waals surface area contributed by atoms with Gasteiger partial charge >= 0.3 is 0 Å². The van der Waals surface area contributed by atoms with Crippen molar-refractivity contribution in [1.82, 2.24) is 5.43 Å². The van der Waals surface area contributed by atoms with Gasteiger partial charge in [0.25, 0.3) is 5.91 Å². The largest absolute Gasteiger partial charge is 0.497 e. The number of rotatable bonds is 4. The summed E-state index contributed by atoms with van der Waals surface area (Å²) in [5, 5.41) is 0. The molecule has 0 unspecified atom stereocenters. The number of benzene rings is 2. The van der Waals surface area contributed by atoms with Gasteiger partial charge in [0.15, 0.2) is 5.78 Å². The number of amides is 1. The second kappa shape index (κ2) is 5.99. The Hall–Kier alpha value is -2.66. The van der Waals surface area contributed by atoms with Crippen molar-refractivity contribution in [3.63, 3.8) is 0 Å². The number of ketones is 1. The minimum absolute atomic E-state index is 0.210. The molecule has 0 fully saturated rings. The molecule has 0 spiro atoms. The van der Waals surface area contributed by atoms with Crippen molar-refractivity contribution in [3.05, 3.63) is 65.2 Å². The molecule has 0 aliphatic heterocycles. The highest BCUT2D eigenvalue weighted by atomic mass is 16.5. The van der Waals surface area contributed by atoms with Crippen LogP contribution in [0.1, 0.15) is 26.3 Å². The standard InChI is InChI=1S/C15H14N2O3/c1-20-11-7-8-12(15(19)17-16)13(9-11)14(18)10-5-3-2-4-6-10/h2-9H,16H2,1H3,(H,17,19). The maximum atomic E-state index is 12.5. The molecule has 0 atom stereocenters. The number of nitrogens with two attached hydrogens (primary N) is 1. The fraction of sp³-hybridized carbons (Fsp3) is 0.0667. The van der Waals surface area contributed by atoms with Crippen LogP contribution in [-0.4, -0.2) is 18.8 Å². The summed E-state index contributed by atoms with van der Waals surface area (Å²) in [6.45, 7) is 0. The Balaban J connectivity index is 2.53. The van der Waals surface area contributed by atoms with Crippen LogP contribution in [0.4, 0.5) is 0 Å². The van der Waals surface area contributed by atoms with Crippen LogP contribution in [0.15, 0.2) is 48.5 Å². The molecule has 0 aromatic heterocycles. The average Bonchev–Trinajstić information content (AvgIpc) is 2.53. The van der Waals surface area contributed by atoms with Gasteiger partial charge in [-0.2, -0.15) is 0 Å². The van der Waals surface area contributed by atoms with Crippen molar-refractivity contribution in [2.75, 3.05) is 7.11 Å². The predicted octanol–water partition coefficient (Wildman–Crippen LogP) is 1.53. The van der Waals surface area contributed by atoms with Crippen LogP contribution in [-0.2, 0) is 0 Å². The Morgan fingerprint density at radius 1 is 1.05 bits per heavy atom. The van der Waals surface area contributed by atoms with Gasteiger partial charge in [0.1, 0.15) is 5.75 Å². The monoisotopic (exact) mass is 270 g/mol. The lowest BCUT2D eigenvalue weighted by Gasteiger charge is -2.09. The number of hydrazine groups is 1. The third-order valence-electron chi connectivity index (χ3n) is 2.88. The topological polar surface area (TPSA) is 81.4 Å². The number of hydrogen-bond donors (Lipinski definition) is 2. The highest BCUT2D eigenvalue weighted by molar-refractivity contribution is 6.15. The summed E-state index contributed by atoms with van der Waals surface area (Å²) in [4.78, 5) is 24.2. The Labute approximate surface area is 116 Å². The molecular weight excluding hydrogens is 256 g/mol. The highest BCUT2D eigenvalue weighted by Crippen LogP contribution is 2.21. The van der Waals surface area contributed by atoms with Gasteiger partial charge in [-0.15, -0.1) is 0 Å². The van der Waals surface area contributed by atoms with Crippen LogP contribution in [0.25, 0.3) is 0 Å². The van der Waals surface area contributed by atoms with E-state index in [2.05, 4.69) is 0 Å². The van der Waals surface area contributed by atoms with E-state index in [-0.39, 0.29) is 16.9 Å². The fourth-order valence-corrected chi connectivity index (χ4v) is 1.86. The van der Waals surface area contributed by atoms with E-state index in [1.807, 2.05) is 11.5 Å². The summed E-state index contributed by atoms with van der Waals surface area (Å²) in [7, 11) is 1.49. The van der Waals surface area contributed by atoms with Crippen LogP contribution in [0.5, 0.6) is 5.75 Å². The summed E-state index contributed by atoms with van der Waals surface area (Å²) in [6.07, 6.45) is 0. The predicted molar refractivity (Wildman–Crippen MR) is 74.5 cm³/mol. The van der Waals surface area contributed by atoms with E-state index >= 15 is 0 Å². The van der Waals surface area contributed by atoms with Gasteiger partial charge in [0.05, 0.1) is 12.7 Å². The summed E-state index contributed by atoms with van der Waals surface area (Å²) in [5.74, 6) is 4.86. The maximum Gasteiger partial charge on any atom is 0.265 e. The number of methoxy groups -OCH3 is 1. The molecule has 2 rings (SSSR count). The van der Waals surface area contributed by atoms with Crippen molar-refractivity contribution in [2.24, 2.45) is 5.84 Å². The van der Waals surface area contributed by atoms with Crippen molar-refractivity contribution >= 4 is 11.7 Å². The molecule has 0 heterocycles. The first-order valence-electron chi connectivity index (χ1n) is 5.96. The van der Waals surface area contributed by atoms with Crippen molar-refractivity contribution < 1.29 is 14.3 Å². The lowest BCUT2D eigenvalue weighted by Crippen LogP contribution is -2.31. The maximum absolute atomic E-state index is 12.5. The molecule has 102 valence electrons. The number of nitrogen functional groups attached to an aromatic ring is 1. The molecule has 3 N–H and O–H groups in total. The Bertz CT molecular complexity index is 639. The first-order valence-corrected chi connectivity index (χ1v) is 5.96. The van der Waals surface area contributed by atoms with Gasteiger partial charge in [-0.1, -0.05) is 30.3 Å². The third kappa shape index (κ3) is 2.67. The van der Waals surface area contributed by atoms with Crippen molar-refractivity contribution in [3.8, 4) is 5.75 Å². The average molecular weight is 270 g/mol. The summed E-state index contributed by atoms with van der Waals surface area (Å²) < 4.78 is 5.09. The lowest BCUT2D eigenvalue weighted by atomic mass is 9.97. The summed E-state index contributed by atoms with van der Waals surface area (Å²) in [5.41, 5.74) is 2.98. The highest BCUT2D eigenvalue weighted by Gasteiger charge is 2.18. The van der Waals surface area contributed by atoms with E-state index in [9.17, 15) is 9.59 Å². The van der Waals surface area contributed by atoms with Crippen LogP contribution in [0, 0.1) is 0 Å². The van der Waals surface area contributed by atoms with Crippen LogP contribution in [0.2, 0.25) is 0 Å². The quantitative estimate of drug-likeness (QED) is 0.382. The lowest BCUT2D eigenvalue weighted by molar-refractivity contribution is 0.0942. The number of carbonyl (C=O) groups is 2. The van der Waals surface area contributed by atoms with E-state index in [1.54, 1.807) is 30.3 Å². The molecule has 1 amide bonds. The number of hydrogen-bond acceptors (Lipinski definition) is 4. The normalized spacial score (nSPS) is 9.90. The van der Waals surface area contributed by atoms with Crippen LogP contribution < -0.4 is 16.0 Å². The first kappa shape index (κ1) is 13.8. The second-order valence-corrected chi connectivity index (χ2v) is 4.08. The van der Waals surface area contributed by atoms with Gasteiger partial charge < -0.3 is 4.74 Å². The molecule has 0 radical (unpaired) electrons. The zero-order valence-electron chi connectivity index (χ0n) is 10.9. The molecule has 20 heavy (non-hydrogen) atoms. The number of carbonyl (C=O) groups excluding carboxylic acids is 2. The van der Waals surface area contributed by atoms with E-state index in [4.69, 9.17) is 10.6 Å². The number of ether oxygens (including phenoxy) is 1. The molecule has 5 heteroatoms. The second-order valence-electron chi connectivity index (χ2n) is 4.08. The van der Waals surface area contributed by atoms with Gasteiger partial charge in [0, 0.05) is 11.1 Å². The van der Waals surface area contributed by atoms with Gasteiger partial charge in [-0.3, -0.25) is 15.0 Å². The zero-order valence-corrected chi connectivity index (χ0v) is 10.9. The minimum atomic E-state index is -0.521. The molecule has 2 aromatic carbocycles. The van der Waals surface area contributed by atoms with Gasteiger partial charge in [0.2, 0.25) is 0 Å². The van der Waals surface area contributed by atoms with Crippen LogP contribution in [0.3, 0.4) is 0 Å². The molecule has 0 bridgehead atoms. The molecular formula is C15H14N2O3. The number of nitrogens with one attached hydrogen (secondary N) is 1. The summed E-state index contributed by atoms with van der Waals surface area (Å²) in [6, 6.07) is 13.4. The molecule has 5 nitrogen and oxygen atoms in total. The minimum Gasteiger partial charge on any atom is -0.497 e. The Kier molecular flexibility index (Phi) is 4.12. The van der Waals surface area contributed by atoms with Crippen molar-refractivity contribution in [2.45, 2.75) is 0 Å². The Morgan fingerprint density at radius 3 is 2.35 bits per heavy atom. The smallest absolute Gasteiger partial charge is 0.265 e. The van der Waals surface area contributed by atoms with E-state index in [0.29, 0.717) is 11.3 Å². The third-order valence-corrected chi connectivity index (χ3v) is 2.88. The van der Waals surface area contributed by atoms with Gasteiger partial charge in [-0.25, -0.2) is 5.84 Å². The molecule has 0 saturated heterocycles. The zero-order chi connectivity index (χ0) is 14.5. The first-order chi connectivity index (χ1) is 9.67. The molecule has 0 aliphatic rings. The van der Waals surface area contributed by atoms with E-state index < -0.39 is 5.91 Å². The Morgan fingerprint density at radius 2 is 1.75 bits per heavy atom. The summed E-state index contributed by atoms with van der Waals surface area (Å²) >= 11 is 0. The van der Waals surface area contributed by atoms with Gasteiger partial charge in [-0.05, 0) is 18.2 Å². The molecule has 0 aliphatic carbocycles. The SMILES string of the molecule is COc1ccc(C(=O)NN)c(C(=O)c2ccccc2)c1.